The fourth-order valence-electron chi connectivity index (χ4n) is 3.59. The number of hydrogen-bond acceptors (Lipinski definition) is 8. The molecule has 1 aliphatic heterocycles. The number of aliphatic carboxylic acids is 1. The van der Waals surface area contributed by atoms with Crippen LogP contribution >= 0.6 is 0 Å². The van der Waals surface area contributed by atoms with E-state index < -0.39 is 36.0 Å². The van der Waals surface area contributed by atoms with Crippen molar-refractivity contribution >= 4 is 17.6 Å². The van der Waals surface area contributed by atoms with Crippen molar-refractivity contribution in [2.75, 3.05) is 18.0 Å². The van der Waals surface area contributed by atoms with Gasteiger partial charge in [-0.05, 0) is 24.1 Å². The average Bonchev–Trinajstić information content (AvgIpc) is 3.42. The number of carbonyl (C=O) groups is 2. The summed E-state index contributed by atoms with van der Waals surface area (Å²) < 4.78 is 44.9. The second-order valence-corrected chi connectivity index (χ2v) is 7.26. The van der Waals surface area contributed by atoms with Gasteiger partial charge in [0.05, 0.1) is 5.56 Å². The Morgan fingerprint density at radius 2 is 1.91 bits per heavy atom. The van der Waals surface area contributed by atoms with Gasteiger partial charge in [0, 0.05) is 30.6 Å². The van der Waals surface area contributed by atoms with E-state index in [2.05, 4.69) is 20.6 Å². The zero-order chi connectivity index (χ0) is 22.9. The van der Waals surface area contributed by atoms with E-state index in [4.69, 9.17) is 9.63 Å². The molecule has 10 nitrogen and oxygen atoms in total. The molecule has 3 heterocycles. The lowest BCUT2D eigenvalue weighted by molar-refractivity contribution is -0.139. The van der Waals surface area contributed by atoms with Crippen LogP contribution in [0.3, 0.4) is 0 Å². The third-order valence-electron chi connectivity index (χ3n) is 5.14. The number of Topliss-reactive ketones (excluding diaryl/α,β-unsaturated/α-hetero) is 1. The molecule has 13 heteroatoms. The number of carboxylic acids is 1. The first-order valence-corrected chi connectivity index (χ1v) is 9.64. The van der Waals surface area contributed by atoms with Crippen LogP contribution < -0.4 is 4.90 Å². The molecule has 0 radical (unpaired) electrons. The summed E-state index contributed by atoms with van der Waals surface area (Å²) >= 11 is 0. The largest absolute Gasteiger partial charge is 0.480 e. The minimum atomic E-state index is -4.59. The number of anilines is 1. The lowest BCUT2D eigenvalue weighted by Gasteiger charge is -2.31. The van der Waals surface area contributed by atoms with E-state index >= 15 is 0 Å². The summed E-state index contributed by atoms with van der Waals surface area (Å²) in [4.78, 5) is 26.2. The average molecular weight is 450 g/mol. The van der Waals surface area contributed by atoms with Crippen LogP contribution in [-0.4, -0.2) is 55.3 Å². The molecule has 1 fully saturated rings. The van der Waals surface area contributed by atoms with Gasteiger partial charge in [0.25, 0.3) is 0 Å². The quantitative estimate of drug-likeness (QED) is 0.564. The summed E-state index contributed by atoms with van der Waals surface area (Å²) in [5.41, 5.74) is -1.23. The van der Waals surface area contributed by atoms with Crippen molar-refractivity contribution in [3.8, 4) is 11.6 Å². The van der Waals surface area contributed by atoms with E-state index in [0.717, 1.165) is 10.9 Å². The molecule has 0 spiro atoms. The molecule has 1 saturated heterocycles. The Morgan fingerprint density at radius 3 is 2.59 bits per heavy atom. The first-order chi connectivity index (χ1) is 15.2. The Morgan fingerprint density at radius 1 is 1.19 bits per heavy atom. The van der Waals surface area contributed by atoms with Crippen LogP contribution in [0.25, 0.3) is 11.6 Å². The van der Waals surface area contributed by atoms with Crippen molar-refractivity contribution < 1.29 is 32.4 Å². The van der Waals surface area contributed by atoms with Gasteiger partial charge >= 0.3 is 12.1 Å². The SMILES string of the molecule is O=C(O)Cn1nnc(-c2cc(N3CCC(C(=O)c4ccccc4C(F)(F)F)CC3)no2)n1. The minimum Gasteiger partial charge on any atom is -0.480 e. The first kappa shape index (κ1) is 21.5. The Bertz CT molecular complexity index is 1130. The summed E-state index contributed by atoms with van der Waals surface area (Å²) in [6, 6.07) is 6.38. The van der Waals surface area contributed by atoms with Gasteiger partial charge in [-0.1, -0.05) is 23.4 Å². The highest BCUT2D eigenvalue weighted by Gasteiger charge is 2.37. The van der Waals surface area contributed by atoms with Crippen LogP contribution in [0, 0.1) is 5.92 Å². The highest BCUT2D eigenvalue weighted by molar-refractivity contribution is 5.99. The number of carbonyl (C=O) groups excluding carboxylic acids is 1. The molecule has 0 bridgehead atoms. The second-order valence-electron chi connectivity index (χ2n) is 7.26. The monoisotopic (exact) mass is 450 g/mol. The number of alkyl halides is 3. The topological polar surface area (TPSA) is 127 Å². The van der Waals surface area contributed by atoms with E-state index in [1.807, 2.05) is 4.90 Å². The maximum Gasteiger partial charge on any atom is 0.417 e. The summed E-state index contributed by atoms with van der Waals surface area (Å²) in [6.45, 7) is 0.346. The van der Waals surface area contributed by atoms with Gasteiger partial charge < -0.3 is 14.5 Å². The number of hydrogen-bond donors (Lipinski definition) is 1. The molecule has 1 N–H and O–H groups in total. The summed E-state index contributed by atoms with van der Waals surface area (Å²) in [7, 11) is 0. The Kier molecular flexibility index (Phi) is 5.63. The fourth-order valence-corrected chi connectivity index (χ4v) is 3.59. The van der Waals surface area contributed by atoms with Gasteiger partial charge in [-0.3, -0.25) is 9.59 Å². The van der Waals surface area contributed by atoms with Crippen molar-refractivity contribution in [1.29, 1.82) is 0 Å². The zero-order valence-electron chi connectivity index (χ0n) is 16.5. The minimum absolute atomic E-state index is 0.0684. The number of ketones is 1. The van der Waals surface area contributed by atoms with Crippen LogP contribution in [0.1, 0.15) is 28.8 Å². The second kappa shape index (κ2) is 8.40. The molecule has 0 unspecified atom stereocenters. The molecule has 0 atom stereocenters. The first-order valence-electron chi connectivity index (χ1n) is 9.64. The van der Waals surface area contributed by atoms with Crippen LogP contribution in [0.2, 0.25) is 0 Å². The molecule has 1 aromatic carbocycles. The number of nitrogens with zero attached hydrogens (tertiary/aromatic N) is 6. The van der Waals surface area contributed by atoms with Crippen molar-refractivity contribution in [2.45, 2.75) is 25.6 Å². The maximum absolute atomic E-state index is 13.2. The maximum atomic E-state index is 13.2. The van der Waals surface area contributed by atoms with Crippen molar-refractivity contribution in [3.63, 3.8) is 0 Å². The van der Waals surface area contributed by atoms with Crippen molar-refractivity contribution in [2.24, 2.45) is 5.92 Å². The molecule has 1 aliphatic rings. The summed E-state index contributed by atoms with van der Waals surface area (Å²) in [5, 5.41) is 23.9. The fraction of sp³-hybridized carbons (Fsp3) is 0.368. The van der Waals surface area contributed by atoms with Gasteiger partial charge in [-0.15, -0.1) is 10.2 Å². The lowest BCUT2D eigenvalue weighted by atomic mass is 9.87. The van der Waals surface area contributed by atoms with Gasteiger partial charge in [0.1, 0.15) is 0 Å². The molecular weight excluding hydrogens is 433 g/mol. The van der Waals surface area contributed by atoms with Crippen LogP contribution in [0.4, 0.5) is 19.0 Å². The molecule has 0 aliphatic carbocycles. The molecule has 0 saturated carbocycles. The van der Waals surface area contributed by atoms with Gasteiger partial charge in [-0.2, -0.15) is 18.0 Å². The lowest BCUT2D eigenvalue weighted by Crippen LogP contribution is -2.37. The Labute approximate surface area is 178 Å². The number of tetrazole rings is 1. The van der Waals surface area contributed by atoms with Crippen LogP contribution in [0.5, 0.6) is 0 Å². The number of carboxylic acid groups (broad SMARTS) is 1. The molecular formula is C19H17F3N6O4. The predicted molar refractivity (Wildman–Crippen MR) is 102 cm³/mol. The van der Waals surface area contributed by atoms with Crippen molar-refractivity contribution in [1.82, 2.24) is 25.4 Å². The normalized spacial score (nSPS) is 15.2. The highest BCUT2D eigenvalue weighted by atomic mass is 19.4. The Balaban J connectivity index is 1.41. The number of benzene rings is 1. The van der Waals surface area contributed by atoms with E-state index in [1.54, 1.807) is 6.07 Å². The third-order valence-corrected chi connectivity index (χ3v) is 5.14. The molecule has 168 valence electrons. The Hall–Kier alpha value is -3.77. The van der Waals surface area contributed by atoms with Crippen LogP contribution in [0.15, 0.2) is 34.9 Å². The molecule has 0 amide bonds. The van der Waals surface area contributed by atoms with Crippen molar-refractivity contribution in [3.05, 3.63) is 41.5 Å². The molecule has 32 heavy (non-hydrogen) atoms. The molecule has 4 rings (SSSR count). The van der Waals surface area contributed by atoms with Crippen LogP contribution in [-0.2, 0) is 17.5 Å². The summed E-state index contributed by atoms with van der Waals surface area (Å²) in [6.07, 6.45) is -3.87. The van der Waals surface area contributed by atoms with Gasteiger partial charge in [-0.25, -0.2) is 0 Å². The van der Waals surface area contributed by atoms with Gasteiger partial charge in [0.2, 0.25) is 11.6 Å². The zero-order valence-corrected chi connectivity index (χ0v) is 16.5. The highest BCUT2D eigenvalue weighted by Crippen LogP contribution is 2.34. The molecule has 2 aromatic heterocycles. The predicted octanol–water partition coefficient (Wildman–Crippen LogP) is 2.53. The van der Waals surface area contributed by atoms with E-state index in [-0.39, 0.29) is 17.1 Å². The number of aromatic nitrogens is 5. The number of piperidine rings is 1. The van der Waals surface area contributed by atoms with E-state index in [0.29, 0.717) is 31.7 Å². The van der Waals surface area contributed by atoms with E-state index in [9.17, 15) is 22.8 Å². The van der Waals surface area contributed by atoms with E-state index in [1.165, 1.54) is 18.2 Å². The number of halogens is 3. The third kappa shape index (κ3) is 4.45. The number of rotatable bonds is 6. The standard InChI is InChI=1S/C19H17F3N6O4/c20-19(21,22)13-4-2-1-3-12(13)17(31)11-5-7-27(8-6-11)15-9-14(32-25-15)18-23-26-28(24-18)10-16(29)30/h1-4,9,11H,5-8,10H2,(H,29,30). The molecule has 3 aromatic rings. The summed E-state index contributed by atoms with van der Waals surface area (Å²) in [5.74, 6) is -1.46. The smallest absolute Gasteiger partial charge is 0.417 e. The van der Waals surface area contributed by atoms with Gasteiger partial charge in [0.15, 0.2) is 18.1 Å².